The van der Waals surface area contributed by atoms with Crippen LogP contribution in [0.2, 0.25) is 0 Å². The number of likely N-dealkylation sites (tertiary alicyclic amines) is 1. The van der Waals surface area contributed by atoms with Crippen LogP contribution in [0.1, 0.15) is 38.5 Å². The van der Waals surface area contributed by atoms with Crippen LogP contribution in [0.15, 0.2) is 0 Å². The molecule has 0 aromatic rings. The lowest BCUT2D eigenvalue weighted by atomic mass is 10.1. The average molecular weight is 242 g/mol. The van der Waals surface area contributed by atoms with Gasteiger partial charge in [-0.1, -0.05) is 12.8 Å². The molecule has 0 atom stereocenters. The van der Waals surface area contributed by atoms with E-state index in [2.05, 4.69) is 22.0 Å². The first kappa shape index (κ1) is 12.7. The van der Waals surface area contributed by atoms with E-state index in [0.29, 0.717) is 0 Å². The van der Waals surface area contributed by atoms with Crippen LogP contribution < -0.4 is 5.32 Å². The molecule has 0 aromatic carbocycles. The summed E-state index contributed by atoms with van der Waals surface area (Å²) in [5.74, 6) is 2.72. The van der Waals surface area contributed by atoms with Gasteiger partial charge in [-0.05, 0) is 50.3 Å². The Balaban J connectivity index is 1.55. The highest BCUT2D eigenvalue weighted by molar-refractivity contribution is 7.99. The predicted molar refractivity (Wildman–Crippen MR) is 73.3 cm³/mol. The Kier molecular flexibility index (Phi) is 6.02. The van der Waals surface area contributed by atoms with Crippen molar-refractivity contribution in [2.75, 3.05) is 37.7 Å². The lowest BCUT2D eigenvalue weighted by Gasteiger charge is -2.25. The van der Waals surface area contributed by atoms with Gasteiger partial charge in [0.05, 0.1) is 0 Å². The molecular formula is C13H26N2S. The number of nitrogens with one attached hydrogen (secondary N) is 1. The lowest BCUT2D eigenvalue weighted by molar-refractivity contribution is 0.277. The first-order valence-corrected chi connectivity index (χ1v) is 8.14. The summed E-state index contributed by atoms with van der Waals surface area (Å²) >= 11 is 2.11. The first-order valence-electron chi connectivity index (χ1n) is 6.98. The molecule has 16 heavy (non-hydrogen) atoms. The number of hydrogen-bond donors (Lipinski definition) is 1. The van der Waals surface area contributed by atoms with E-state index in [9.17, 15) is 0 Å². The van der Waals surface area contributed by atoms with Crippen LogP contribution in [-0.4, -0.2) is 48.6 Å². The maximum absolute atomic E-state index is 3.73. The fraction of sp³-hybridized carbons (Fsp3) is 1.00. The van der Waals surface area contributed by atoms with Crippen molar-refractivity contribution in [2.24, 2.45) is 0 Å². The molecule has 2 aliphatic rings. The van der Waals surface area contributed by atoms with Crippen molar-refractivity contribution in [1.82, 2.24) is 10.2 Å². The van der Waals surface area contributed by atoms with Crippen molar-refractivity contribution in [2.45, 2.75) is 44.6 Å². The van der Waals surface area contributed by atoms with Crippen LogP contribution in [-0.2, 0) is 0 Å². The van der Waals surface area contributed by atoms with Gasteiger partial charge in [0.1, 0.15) is 0 Å². The molecule has 2 fully saturated rings. The van der Waals surface area contributed by atoms with Crippen molar-refractivity contribution in [1.29, 1.82) is 0 Å². The maximum atomic E-state index is 3.73. The molecule has 0 aromatic heterocycles. The minimum absolute atomic E-state index is 0.813. The van der Waals surface area contributed by atoms with E-state index in [-0.39, 0.29) is 0 Å². The summed E-state index contributed by atoms with van der Waals surface area (Å²) < 4.78 is 0. The smallest absolute Gasteiger partial charge is 0.0107 e. The standard InChI is InChI=1S/C13H26N2S/c1-2-4-9-15(8-3-1)10-7-14-13-5-11-16-12-6-13/h13-14H,1-12H2. The molecule has 0 unspecified atom stereocenters. The second-order valence-electron chi connectivity index (χ2n) is 5.10. The molecule has 2 saturated heterocycles. The third kappa shape index (κ3) is 4.64. The zero-order valence-corrected chi connectivity index (χ0v) is 11.2. The number of nitrogens with zero attached hydrogens (tertiary/aromatic N) is 1. The maximum Gasteiger partial charge on any atom is 0.0107 e. The lowest BCUT2D eigenvalue weighted by Crippen LogP contribution is -2.39. The molecule has 2 heterocycles. The molecule has 2 aliphatic heterocycles. The summed E-state index contributed by atoms with van der Waals surface area (Å²) in [6.45, 7) is 5.14. The van der Waals surface area contributed by atoms with E-state index in [1.54, 1.807) is 0 Å². The SMILES string of the molecule is C1CCCN(CCNC2CCSCC2)CC1. The summed E-state index contributed by atoms with van der Waals surface area (Å²) in [4.78, 5) is 2.65. The van der Waals surface area contributed by atoms with Gasteiger partial charge in [0.15, 0.2) is 0 Å². The third-order valence-corrected chi connectivity index (χ3v) is 4.83. The largest absolute Gasteiger partial charge is 0.313 e. The highest BCUT2D eigenvalue weighted by Gasteiger charge is 2.13. The van der Waals surface area contributed by atoms with Gasteiger partial charge in [0.25, 0.3) is 0 Å². The van der Waals surface area contributed by atoms with Gasteiger partial charge in [0, 0.05) is 19.1 Å². The summed E-state index contributed by atoms with van der Waals surface area (Å²) in [5, 5.41) is 3.73. The van der Waals surface area contributed by atoms with Crippen molar-refractivity contribution >= 4 is 11.8 Å². The molecule has 2 nitrogen and oxygen atoms in total. The minimum atomic E-state index is 0.813. The van der Waals surface area contributed by atoms with Gasteiger partial charge in [-0.2, -0.15) is 11.8 Å². The van der Waals surface area contributed by atoms with Gasteiger partial charge in [-0.3, -0.25) is 0 Å². The third-order valence-electron chi connectivity index (χ3n) is 3.78. The molecule has 0 spiro atoms. The number of thioether (sulfide) groups is 1. The van der Waals surface area contributed by atoms with Gasteiger partial charge in [0.2, 0.25) is 0 Å². The topological polar surface area (TPSA) is 15.3 Å². The molecule has 0 radical (unpaired) electrons. The van der Waals surface area contributed by atoms with Crippen LogP contribution in [0.3, 0.4) is 0 Å². The Labute approximate surface area is 105 Å². The Bertz CT molecular complexity index is 173. The summed E-state index contributed by atoms with van der Waals surface area (Å²) in [5.41, 5.74) is 0. The second kappa shape index (κ2) is 7.57. The zero-order chi connectivity index (χ0) is 11.1. The zero-order valence-electron chi connectivity index (χ0n) is 10.4. The van der Waals surface area contributed by atoms with Gasteiger partial charge < -0.3 is 10.2 Å². The van der Waals surface area contributed by atoms with Crippen LogP contribution in [0.5, 0.6) is 0 Å². The van der Waals surface area contributed by atoms with E-state index >= 15 is 0 Å². The Morgan fingerprint density at radius 2 is 1.69 bits per heavy atom. The van der Waals surface area contributed by atoms with E-state index in [1.807, 2.05) is 0 Å². The molecular weight excluding hydrogens is 216 g/mol. The van der Waals surface area contributed by atoms with Crippen LogP contribution in [0.25, 0.3) is 0 Å². The van der Waals surface area contributed by atoms with Crippen molar-refractivity contribution in [3.05, 3.63) is 0 Å². The second-order valence-corrected chi connectivity index (χ2v) is 6.32. The van der Waals surface area contributed by atoms with E-state index < -0.39 is 0 Å². The van der Waals surface area contributed by atoms with Crippen LogP contribution in [0.4, 0.5) is 0 Å². The summed E-state index contributed by atoms with van der Waals surface area (Å²) in [7, 11) is 0. The molecule has 1 N–H and O–H groups in total. The summed E-state index contributed by atoms with van der Waals surface area (Å²) in [6.07, 6.45) is 8.49. The van der Waals surface area contributed by atoms with Gasteiger partial charge >= 0.3 is 0 Å². The molecule has 0 bridgehead atoms. The average Bonchev–Trinajstić information content (AvgIpc) is 2.59. The fourth-order valence-electron chi connectivity index (χ4n) is 2.69. The van der Waals surface area contributed by atoms with Gasteiger partial charge in [-0.25, -0.2) is 0 Å². The van der Waals surface area contributed by atoms with Crippen LogP contribution >= 0.6 is 11.8 Å². The monoisotopic (exact) mass is 242 g/mol. The molecule has 2 rings (SSSR count). The molecule has 0 saturated carbocycles. The Morgan fingerprint density at radius 1 is 1.00 bits per heavy atom. The highest BCUT2D eigenvalue weighted by Crippen LogP contribution is 2.16. The van der Waals surface area contributed by atoms with Gasteiger partial charge in [-0.15, -0.1) is 0 Å². The fourth-order valence-corrected chi connectivity index (χ4v) is 3.79. The quantitative estimate of drug-likeness (QED) is 0.815. The molecule has 0 amide bonds. The van der Waals surface area contributed by atoms with Crippen molar-refractivity contribution in [3.63, 3.8) is 0 Å². The van der Waals surface area contributed by atoms with E-state index in [4.69, 9.17) is 0 Å². The Morgan fingerprint density at radius 3 is 2.38 bits per heavy atom. The first-order chi connectivity index (χ1) is 7.95. The van der Waals surface area contributed by atoms with Crippen molar-refractivity contribution < 1.29 is 0 Å². The normalized spacial score (nSPS) is 25.5. The van der Waals surface area contributed by atoms with Crippen LogP contribution in [0, 0.1) is 0 Å². The molecule has 94 valence electrons. The molecule has 3 heteroatoms. The highest BCUT2D eigenvalue weighted by atomic mass is 32.2. The van der Waals surface area contributed by atoms with E-state index in [1.165, 1.54) is 76.2 Å². The summed E-state index contributed by atoms with van der Waals surface area (Å²) in [6, 6.07) is 0.813. The van der Waals surface area contributed by atoms with E-state index in [0.717, 1.165) is 6.04 Å². The Hall–Kier alpha value is 0.270. The predicted octanol–water partition coefficient (Wildman–Crippen LogP) is 2.35. The van der Waals surface area contributed by atoms with Crippen molar-refractivity contribution in [3.8, 4) is 0 Å². The number of hydrogen-bond acceptors (Lipinski definition) is 3. The molecule has 0 aliphatic carbocycles. The number of rotatable bonds is 4. The minimum Gasteiger partial charge on any atom is -0.313 e.